The number of aryl methyl sites for hydroxylation is 2. The standard InChI is InChI=1S/C22H23ClN4O3S2/c1-12-13(2)32-20-18(12)21(30)27(16-5-3-4-6-16)22(24-20)31-11-17(28)25-26-19(29)14-7-9-15(23)10-8-14/h7-10,16H,3-6,11H2,1-2H3,(H,25,28)(H,26,29). The number of aromatic nitrogens is 2. The van der Waals surface area contributed by atoms with Crippen LogP contribution in [0.25, 0.3) is 10.2 Å². The molecule has 2 aromatic heterocycles. The Morgan fingerprint density at radius 3 is 2.56 bits per heavy atom. The summed E-state index contributed by atoms with van der Waals surface area (Å²) < 4.78 is 1.78. The Kier molecular flexibility index (Phi) is 6.88. The fraction of sp³-hybridized carbons (Fsp3) is 0.364. The maximum absolute atomic E-state index is 13.4. The first-order valence-corrected chi connectivity index (χ1v) is 12.5. The molecule has 168 valence electrons. The third-order valence-electron chi connectivity index (χ3n) is 5.65. The summed E-state index contributed by atoms with van der Waals surface area (Å²) in [5.41, 5.74) is 6.15. The number of hydrogen-bond donors (Lipinski definition) is 2. The molecule has 0 atom stereocenters. The van der Waals surface area contributed by atoms with Gasteiger partial charge in [0.05, 0.1) is 11.1 Å². The molecule has 0 saturated heterocycles. The van der Waals surface area contributed by atoms with Gasteiger partial charge in [-0.2, -0.15) is 0 Å². The van der Waals surface area contributed by atoms with E-state index < -0.39 is 5.91 Å². The number of hydrogen-bond acceptors (Lipinski definition) is 6. The van der Waals surface area contributed by atoms with Crippen LogP contribution in [0, 0.1) is 13.8 Å². The highest BCUT2D eigenvalue weighted by molar-refractivity contribution is 7.99. The summed E-state index contributed by atoms with van der Waals surface area (Å²) in [4.78, 5) is 44.4. The van der Waals surface area contributed by atoms with Gasteiger partial charge in [-0.25, -0.2) is 4.98 Å². The number of thiophene rings is 1. The van der Waals surface area contributed by atoms with E-state index in [1.165, 1.54) is 23.1 Å². The third kappa shape index (κ3) is 4.69. The van der Waals surface area contributed by atoms with Crippen LogP contribution < -0.4 is 16.4 Å². The largest absolute Gasteiger partial charge is 0.284 e. The van der Waals surface area contributed by atoms with Gasteiger partial charge in [0.15, 0.2) is 5.16 Å². The van der Waals surface area contributed by atoms with Crippen molar-refractivity contribution in [3.8, 4) is 0 Å². The topological polar surface area (TPSA) is 93.1 Å². The molecular weight excluding hydrogens is 468 g/mol. The van der Waals surface area contributed by atoms with Crippen molar-refractivity contribution in [2.45, 2.75) is 50.7 Å². The van der Waals surface area contributed by atoms with Gasteiger partial charge in [0.1, 0.15) is 4.83 Å². The number of halogens is 1. The predicted molar refractivity (Wildman–Crippen MR) is 129 cm³/mol. The van der Waals surface area contributed by atoms with Crippen molar-refractivity contribution < 1.29 is 9.59 Å². The fourth-order valence-electron chi connectivity index (χ4n) is 3.84. The van der Waals surface area contributed by atoms with E-state index in [-0.39, 0.29) is 23.3 Å². The van der Waals surface area contributed by atoms with Crippen LogP contribution in [0.1, 0.15) is 52.5 Å². The van der Waals surface area contributed by atoms with Gasteiger partial charge in [-0.15, -0.1) is 11.3 Å². The minimum absolute atomic E-state index is 0.0227. The number of thioether (sulfide) groups is 1. The second-order valence-electron chi connectivity index (χ2n) is 7.77. The average molecular weight is 491 g/mol. The molecule has 3 aromatic rings. The number of benzene rings is 1. The van der Waals surface area contributed by atoms with E-state index >= 15 is 0 Å². The van der Waals surface area contributed by atoms with E-state index in [9.17, 15) is 14.4 Å². The predicted octanol–water partition coefficient (Wildman–Crippen LogP) is 4.40. The molecular formula is C22H23ClN4O3S2. The Morgan fingerprint density at radius 2 is 1.88 bits per heavy atom. The number of nitrogens with zero attached hydrogens (tertiary/aromatic N) is 2. The summed E-state index contributed by atoms with van der Waals surface area (Å²) >= 11 is 8.54. The van der Waals surface area contributed by atoms with Crippen LogP contribution in [-0.2, 0) is 4.79 Å². The SMILES string of the molecule is Cc1sc2nc(SCC(=O)NNC(=O)c3ccc(Cl)cc3)n(C3CCCC3)c(=O)c2c1C. The lowest BCUT2D eigenvalue weighted by atomic mass is 10.2. The molecule has 0 spiro atoms. The summed E-state index contributed by atoms with van der Waals surface area (Å²) in [6, 6.07) is 6.46. The smallest absolute Gasteiger partial charge is 0.269 e. The molecule has 2 heterocycles. The van der Waals surface area contributed by atoms with Crippen molar-refractivity contribution in [3.63, 3.8) is 0 Å². The zero-order chi connectivity index (χ0) is 22.8. The maximum atomic E-state index is 13.4. The lowest BCUT2D eigenvalue weighted by Crippen LogP contribution is -2.42. The van der Waals surface area contributed by atoms with Crippen LogP contribution in [0.15, 0.2) is 34.2 Å². The highest BCUT2D eigenvalue weighted by Crippen LogP contribution is 2.34. The summed E-state index contributed by atoms with van der Waals surface area (Å²) in [7, 11) is 0. The molecule has 7 nitrogen and oxygen atoms in total. The van der Waals surface area contributed by atoms with Gasteiger partial charge in [0, 0.05) is 21.5 Å². The van der Waals surface area contributed by atoms with E-state index in [1.54, 1.807) is 28.8 Å². The second-order valence-corrected chi connectivity index (χ2v) is 10.4. The molecule has 0 radical (unpaired) electrons. The quantitative estimate of drug-likeness (QED) is 0.314. The summed E-state index contributed by atoms with van der Waals surface area (Å²) in [5.74, 6) is -0.801. The zero-order valence-electron chi connectivity index (χ0n) is 17.7. The summed E-state index contributed by atoms with van der Waals surface area (Å²) in [6.07, 6.45) is 4.04. The zero-order valence-corrected chi connectivity index (χ0v) is 20.1. The minimum Gasteiger partial charge on any atom is -0.284 e. The van der Waals surface area contributed by atoms with Crippen molar-refractivity contribution in [1.82, 2.24) is 20.4 Å². The molecule has 1 aliphatic carbocycles. The second kappa shape index (κ2) is 9.64. The van der Waals surface area contributed by atoms with Gasteiger partial charge in [-0.1, -0.05) is 36.2 Å². The van der Waals surface area contributed by atoms with Gasteiger partial charge in [0.2, 0.25) is 5.91 Å². The summed E-state index contributed by atoms with van der Waals surface area (Å²) in [6.45, 7) is 3.95. The van der Waals surface area contributed by atoms with Gasteiger partial charge in [0.25, 0.3) is 11.5 Å². The Morgan fingerprint density at radius 1 is 1.19 bits per heavy atom. The molecule has 1 aliphatic rings. The molecule has 4 rings (SSSR count). The van der Waals surface area contributed by atoms with Crippen LogP contribution in [0.3, 0.4) is 0 Å². The third-order valence-corrected chi connectivity index (χ3v) is 7.95. The van der Waals surface area contributed by atoms with Crippen LogP contribution in [0.4, 0.5) is 0 Å². The first-order valence-electron chi connectivity index (χ1n) is 10.3. The summed E-state index contributed by atoms with van der Waals surface area (Å²) in [5, 5.41) is 1.76. The monoisotopic (exact) mass is 490 g/mol. The molecule has 0 unspecified atom stereocenters. The molecule has 2 amide bonds. The highest BCUT2D eigenvalue weighted by atomic mass is 35.5. The first kappa shape index (κ1) is 22.8. The van der Waals surface area contributed by atoms with E-state index in [0.29, 0.717) is 26.0 Å². The van der Waals surface area contributed by atoms with Gasteiger partial charge in [-0.05, 0) is 56.5 Å². The number of carbonyl (C=O) groups excluding carboxylic acids is 2. The molecule has 32 heavy (non-hydrogen) atoms. The number of nitrogens with one attached hydrogen (secondary N) is 2. The van der Waals surface area contributed by atoms with Gasteiger partial charge in [-0.3, -0.25) is 29.8 Å². The molecule has 1 aromatic carbocycles. The van der Waals surface area contributed by atoms with Crippen molar-refractivity contribution in [2.24, 2.45) is 0 Å². The average Bonchev–Trinajstić information content (AvgIpc) is 3.39. The van der Waals surface area contributed by atoms with E-state index in [1.807, 2.05) is 13.8 Å². The van der Waals surface area contributed by atoms with Crippen LogP contribution in [0.5, 0.6) is 0 Å². The van der Waals surface area contributed by atoms with E-state index in [0.717, 1.165) is 36.1 Å². The molecule has 1 fully saturated rings. The number of hydrazine groups is 1. The highest BCUT2D eigenvalue weighted by Gasteiger charge is 2.25. The normalized spacial score (nSPS) is 14.1. The number of carbonyl (C=O) groups is 2. The number of fused-ring (bicyclic) bond motifs is 1. The lowest BCUT2D eigenvalue weighted by Gasteiger charge is -2.18. The number of rotatable bonds is 5. The Bertz CT molecular complexity index is 1230. The van der Waals surface area contributed by atoms with E-state index in [2.05, 4.69) is 10.9 Å². The molecule has 1 saturated carbocycles. The first-order chi connectivity index (χ1) is 15.3. The van der Waals surface area contributed by atoms with Crippen molar-refractivity contribution in [3.05, 3.63) is 55.6 Å². The maximum Gasteiger partial charge on any atom is 0.269 e. The molecule has 0 bridgehead atoms. The van der Waals surface area contributed by atoms with Crippen LogP contribution in [-0.4, -0.2) is 27.1 Å². The van der Waals surface area contributed by atoms with Gasteiger partial charge < -0.3 is 0 Å². The van der Waals surface area contributed by atoms with E-state index in [4.69, 9.17) is 16.6 Å². The van der Waals surface area contributed by atoms with Crippen LogP contribution in [0.2, 0.25) is 5.02 Å². The van der Waals surface area contributed by atoms with Crippen molar-refractivity contribution in [1.29, 1.82) is 0 Å². The van der Waals surface area contributed by atoms with Crippen LogP contribution >= 0.6 is 34.7 Å². The Hall–Kier alpha value is -2.36. The molecule has 10 heteroatoms. The lowest BCUT2D eigenvalue weighted by molar-refractivity contribution is -0.119. The van der Waals surface area contributed by atoms with Crippen molar-refractivity contribution in [2.75, 3.05) is 5.75 Å². The van der Waals surface area contributed by atoms with Gasteiger partial charge >= 0.3 is 0 Å². The minimum atomic E-state index is -0.438. The number of amides is 2. The van der Waals surface area contributed by atoms with Crippen molar-refractivity contribution >= 4 is 56.7 Å². The Labute approximate surface area is 198 Å². The Balaban J connectivity index is 1.49. The molecule has 2 N–H and O–H groups in total. The molecule has 0 aliphatic heterocycles. The fourth-order valence-corrected chi connectivity index (χ4v) is 5.90.